The fourth-order valence-electron chi connectivity index (χ4n) is 1.37. The standard InChI is InChI=1S/C9H15NO3/c1-3-4-7-9(12)13-6(2)5-8(11)10-7/h6-7H,3-5H2,1-2H3,(H,10,11). The van der Waals surface area contributed by atoms with E-state index in [1.165, 1.54) is 0 Å². The average molecular weight is 185 g/mol. The molecule has 0 aromatic heterocycles. The molecule has 1 rings (SSSR count). The summed E-state index contributed by atoms with van der Waals surface area (Å²) < 4.78 is 5.02. The zero-order valence-corrected chi connectivity index (χ0v) is 8.00. The molecular weight excluding hydrogens is 170 g/mol. The zero-order chi connectivity index (χ0) is 9.84. The molecule has 0 saturated carbocycles. The van der Waals surface area contributed by atoms with Gasteiger partial charge in [-0.1, -0.05) is 13.3 Å². The van der Waals surface area contributed by atoms with Crippen molar-refractivity contribution in [3.8, 4) is 0 Å². The molecule has 4 nitrogen and oxygen atoms in total. The van der Waals surface area contributed by atoms with Crippen LogP contribution in [-0.2, 0) is 14.3 Å². The van der Waals surface area contributed by atoms with Gasteiger partial charge in [0, 0.05) is 0 Å². The first-order valence-electron chi connectivity index (χ1n) is 4.63. The molecule has 0 bridgehead atoms. The lowest BCUT2D eigenvalue weighted by Crippen LogP contribution is -2.38. The lowest BCUT2D eigenvalue weighted by molar-refractivity contribution is -0.149. The molecule has 1 amide bonds. The van der Waals surface area contributed by atoms with Gasteiger partial charge in [0.05, 0.1) is 6.42 Å². The van der Waals surface area contributed by atoms with Gasteiger partial charge in [0.2, 0.25) is 5.91 Å². The van der Waals surface area contributed by atoms with Gasteiger partial charge in [-0.2, -0.15) is 0 Å². The van der Waals surface area contributed by atoms with Crippen LogP contribution in [0, 0.1) is 0 Å². The lowest BCUT2D eigenvalue weighted by atomic mass is 10.2. The molecule has 4 heteroatoms. The largest absolute Gasteiger partial charge is 0.461 e. The van der Waals surface area contributed by atoms with Gasteiger partial charge in [-0.25, -0.2) is 4.79 Å². The molecule has 0 aliphatic carbocycles. The van der Waals surface area contributed by atoms with Crippen molar-refractivity contribution in [1.29, 1.82) is 0 Å². The monoisotopic (exact) mass is 185 g/mol. The number of hydrogen-bond acceptors (Lipinski definition) is 3. The van der Waals surface area contributed by atoms with Crippen LogP contribution in [0.5, 0.6) is 0 Å². The fourth-order valence-corrected chi connectivity index (χ4v) is 1.37. The Kier molecular flexibility index (Phi) is 3.28. The van der Waals surface area contributed by atoms with Crippen molar-refractivity contribution in [3.63, 3.8) is 0 Å². The maximum absolute atomic E-state index is 11.3. The van der Waals surface area contributed by atoms with E-state index in [0.717, 1.165) is 6.42 Å². The minimum atomic E-state index is -0.442. The molecule has 0 radical (unpaired) electrons. The Hall–Kier alpha value is -1.06. The van der Waals surface area contributed by atoms with Crippen LogP contribution in [0.3, 0.4) is 0 Å². The van der Waals surface area contributed by atoms with Crippen molar-refractivity contribution in [2.45, 2.75) is 45.3 Å². The van der Waals surface area contributed by atoms with E-state index < -0.39 is 6.04 Å². The summed E-state index contributed by atoms with van der Waals surface area (Å²) in [7, 11) is 0. The molecule has 1 N–H and O–H groups in total. The number of esters is 1. The topological polar surface area (TPSA) is 55.4 Å². The van der Waals surface area contributed by atoms with Crippen molar-refractivity contribution in [1.82, 2.24) is 5.32 Å². The van der Waals surface area contributed by atoms with Crippen molar-refractivity contribution in [3.05, 3.63) is 0 Å². The summed E-state index contributed by atoms with van der Waals surface area (Å²) in [6.07, 6.45) is 1.48. The molecule has 74 valence electrons. The molecule has 2 atom stereocenters. The van der Waals surface area contributed by atoms with E-state index in [9.17, 15) is 9.59 Å². The van der Waals surface area contributed by atoms with Gasteiger partial charge in [-0.3, -0.25) is 4.79 Å². The summed E-state index contributed by atoms with van der Waals surface area (Å²) in [6, 6.07) is -0.442. The highest BCUT2D eigenvalue weighted by Gasteiger charge is 2.28. The highest BCUT2D eigenvalue weighted by molar-refractivity contribution is 5.86. The van der Waals surface area contributed by atoms with Crippen LogP contribution in [0.15, 0.2) is 0 Å². The van der Waals surface area contributed by atoms with Gasteiger partial charge >= 0.3 is 5.97 Å². The average Bonchev–Trinajstić information content (AvgIpc) is 2.12. The lowest BCUT2D eigenvalue weighted by Gasteiger charge is -2.12. The first-order valence-corrected chi connectivity index (χ1v) is 4.63. The molecule has 0 aromatic carbocycles. The van der Waals surface area contributed by atoms with E-state index in [2.05, 4.69) is 5.32 Å². The van der Waals surface area contributed by atoms with E-state index >= 15 is 0 Å². The van der Waals surface area contributed by atoms with E-state index in [1.54, 1.807) is 6.92 Å². The minimum absolute atomic E-state index is 0.100. The van der Waals surface area contributed by atoms with Gasteiger partial charge in [0.25, 0.3) is 0 Å². The van der Waals surface area contributed by atoms with Crippen molar-refractivity contribution in [2.24, 2.45) is 0 Å². The third-order valence-electron chi connectivity index (χ3n) is 1.99. The van der Waals surface area contributed by atoms with E-state index in [0.29, 0.717) is 6.42 Å². The summed E-state index contributed by atoms with van der Waals surface area (Å²) in [4.78, 5) is 22.5. The molecule has 1 heterocycles. The third kappa shape index (κ3) is 2.72. The fraction of sp³-hybridized carbons (Fsp3) is 0.778. The maximum Gasteiger partial charge on any atom is 0.328 e. The third-order valence-corrected chi connectivity index (χ3v) is 1.99. The van der Waals surface area contributed by atoms with E-state index in [-0.39, 0.29) is 24.4 Å². The molecular formula is C9H15NO3. The smallest absolute Gasteiger partial charge is 0.328 e. The Morgan fingerprint density at radius 2 is 2.23 bits per heavy atom. The molecule has 13 heavy (non-hydrogen) atoms. The van der Waals surface area contributed by atoms with Gasteiger partial charge in [-0.15, -0.1) is 0 Å². The summed E-state index contributed by atoms with van der Waals surface area (Å²) in [5.41, 5.74) is 0. The number of nitrogens with one attached hydrogen (secondary N) is 1. The summed E-state index contributed by atoms with van der Waals surface area (Å²) in [6.45, 7) is 3.69. The molecule has 1 saturated heterocycles. The van der Waals surface area contributed by atoms with E-state index in [1.807, 2.05) is 6.92 Å². The van der Waals surface area contributed by atoms with Crippen LogP contribution in [0.4, 0.5) is 0 Å². The number of carbonyl (C=O) groups is 2. The predicted molar refractivity (Wildman–Crippen MR) is 47.0 cm³/mol. The number of amides is 1. The molecule has 2 unspecified atom stereocenters. The quantitative estimate of drug-likeness (QED) is 0.641. The highest BCUT2D eigenvalue weighted by Crippen LogP contribution is 2.09. The zero-order valence-electron chi connectivity index (χ0n) is 8.00. The van der Waals surface area contributed by atoms with Crippen LogP contribution in [0.25, 0.3) is 0 Å². The predicted octanol–water partition coefficient (Wildman–Crippen LogP) is 0.607. The van der Waals surface area contributed by atoms with Crippen LogP contribution in [0.1, 0.15) is 33.1 Å². The number of rotatable bonds is 2. The normalized spacial score (nSPS) is 29.1. The van der Waals surface area contributed by atoms with Crippen LogP contribution in [0.2, 0.25) is 0 Å². The Morgan fingerprint density at radius 3 is 2.85 bits per heavy atom. The Labute approximate surface area is 77.6 Å². The van der Waals surface area contributed by atoms with Crippen molar-refractivity contribution in [2.75, 3.05) is 0 Å². The van der Waals surface area contributed by atoms with Gasteiger partial charge < -0.3 is 10.1 Å². The molecule has 1 fully saturated rings. The number of ether oxygens (including phenoxy) is 1. The molecule has 1 aliphatic heterocycles. The molecule has 0 aromatic rings. The first-order chi connectivity index (χ1) is 6.13. The highest BCUT2D eigenvalue weighted by atomic mass is 16.5. The second-order valence-electron chi connectivity index (χ2n) is 3.36. The number of carbonyl (C=O) groups excluding carboxylic acids is 2. The Bertz CT molecular complexity index is 215. The minimum Gasteiger partial charge on any atom is -0.461 e. The van der Waals surface area contributed by atoms with Crippen molar-refractivity contribution >= 4 is 11.9 Å². The van der Waals surface area contributed by atoms with Crippen LogP contribution >= 0.6 is 0 Å². The van der Waals surface area contributed by atoms with Gasteiger partial charge in [0.1, 0.15) is 12.1 Å². The Morgan fingerprint density at radius 1 is 1.54 bits per heavy atom. The number of cyclic esters (lactones) is 1. The maximum atomic E-state index is 11.3. The summed E-state index contributed by atoms with van der Waals surface area (Å²) >= 11 is 0. The van der Waals surface area contributed by atoms with Gasteiger partial charge in [0.15, 0.2) is 0 Å². The van der Waals surface area contributed by atoms with Gasteiger partial charge in [-0.05, 0) is 13.3 Å². The molecule has 0 spiro atoms. The number of hydrogen-bond donors (Lipinski definition) is 1. The SMILES string of the molecule is CCCC1NC(=O)CC(C)OC1=O. The second kappa shape index (κ2) is 4.25. The molecule has 1 aliphatic rings. The Balaban J connectivity index is 2.62. The van der Waals surface area contributed by atoms with Crippen molar-refractivity contribution < 1.29 is 14.3 Å². The van der Waals surface area contributed by atoms with Crippen LogP contribution in [-0.4, -0.2) is 24.0 Å². The first kappa shape index (κ1) is 10.0. The van der Waals surface area contributed by atoms with E-state index in [4.69, 9.17) is 4.74 Å². The second-order valence-corrected chi connectivity index (χ2v) is 3.36. The van der Waals surface area contributed by atoms with Crippen LogP contribution < -0.4 is 5.32 Å². The summed E-state index contributed by atoms with van der Waals surface area (Å²) in [5.74, 6) is -0.406. The summed E-state index contributed by atoms with van der Waals surface area (Å²) in [5, 5.41) is 2.65.